The van der Waals surface area contributed by atoms with Crippen LogP contribution in [0.1, 0.15) is 24.8 Å². The van der Waals surface area contributed by atoms with Gasteiger partial charge < -0.3 is 15.8 Å². The minimum absolute atomic E-state index is 0.134. The van der Waals surface area contributed by atoms with Gasteiger partial charge in [0.05, 0.1) is 24.5 Å². The third-order valence-electron chi connectivity index (χ3n) is 6.55. The topological polar surface area (TPSA) is 131 Å². The summed E-state index contributed by atoms with van der Waals surface area (Å²) >= 11 is 0. The lowest BCUT2D eigenvalue weighted by atomic mass is 9.76. The first kappa shape index (κ1) is 18.3. The third kappa shape index (κ3) is 2.47. The standard InChI is InChI=1S/C20H22N4O5/c21-14(25)8-13-15-16(18(27)24(17(15)26)9-10-4-3-7-29-10)20(23-13)11-5-1-2-6-12(11)22-19(20)28/h1-2,5-6,10,13,15-16,23H,3-4,7-9H2,(H2,21,25)(H,22,28)/t10-,13-,15+,16+,20-/m0/s1. The van der Waals surface area contributed by atoms with Crippen LogP contribution < -0.4 is 16.4 Å². The van der Waals surface area contributed by atoms with Crippen molar-refractivity contribution < 1.29 is 23.9 Å². The van der Waals surface area contributed by atoms with Crippen molar-refractivity contribution in [2.24, 2.45) is 17.6 Å². The predicted octanol–water partition coefficient (Wildman–Crippen LogP) is -0.539. The maximum Gasteiger partial charge on any atom is 0.250 e. The largest absolute Gasteiger partial charge is 0.376 e. The van der Waals surface area contributed by atoms with E-state index in [0.29, 0.717) is 17.9 Å². The van der Waals surface area contributed by atoms with Crippen molar-refractivity contribution in [3.05, 3.63) is 29.8 Å². The van der Waals surface area contributed by atoms with Gasteiger partial charge in [-0.3, -0.25) is 29.4 Å². The fraction of sp³-hybridized carbons (Fsp3) is 0.500. The van der Waals surface area contributed by atoms with Crippen LogP contribution in [-0.4, -0.2) is 53.8 Å². The number of carbonyl (C=O) groups excluding carboxylic acids is 4. The van der Waals surface area contributed by atoms with E-state index in [0.717, 1.165) is 12.8 Å². The van der Waals surface area contributed by atoms with Gasteiger partial charge in [-0.25, -0.2) is 0 Å². The molecule has 3 fully saturated rings. The van der Waals surface area contributed by atoms with Crippen molar-refractivity contribution in [3.8, 4) is 0 Å². The van der Waals surface area contributed by atoms with Crippen LogP contribution in [0.25, 0.3) is 0 Å². The highest BCUT2D eigenvalue weighted by molar-refractivity contribution is 6.15. The summed E-state index contributed by atoms with van der Waals surface area (Å²) in [6.07, 6.45) is 1.35. The van der Waals surface area contributed by atoms with Gasteiger partial charge in [-0.15, -0.1) is 0 Å². The Hall–Kier alpha value is -2.78. The molecule has 9 nitrogen and oxygen atoms in total. The van der Waals surface area contributed by atoms with Crippen molar-refractivity contribution in [3.63, 3.8) is 0 Å². The molecule has 0 radical (unpaired) electrons. The summed E-state index contributed by atoms with van der Waals surface area (Å²) in [4.78, 5) is 52.7. The number of hydrogen-bond donors (Lipinski definition) is 3. The van der Waals surface area contributed by atoms with Gasteiger partial charge >= 0.3 is 0 Å². The number of likely N-dealkylation sites (tertiary alicyclic amines) is 1. The number of hydrogen-bond acceptors (Lipinski definition) is 6. The molecule has 4 aliphatic rings. The van der Waals surface area contributed by atoms with Crippen molar-refractivity contribution in [1.29, 1.82) is 0 Å². The van der Waals surface area contributed by atoms with Crippen molar-refractivity contribution in [2.75, 3.05) is 18.5 Å². The number of amides is 4. The van der Waals surface area contributed by atoms with E-state index in [1.54, 1.807) is 24.3 Å². The van der Waals surface area contributed by atoms with E-state index in [2.05, 4.69) is 10.6 Å². The molecule has 1 aromatic carbocycles. The van der Waals surface area contributed by atoms with Gasteiger partial charge in [-0.1, -0.05) is 18.2 Å². The molecule has 5 rings (SSSR count). The summed E-state index contributed by atoms with van der Waals surface area (Å²) in [7, 11) is 0. The van der Waals surface area contributed by atoms with Gasteiger partial charge in [0.1, 0.15) is 5.54 Å². The molecule has 1 spiro atoms. The Bertz CT molecular complexity index is 927. The molecule has 0 bridgehead atoms. The molecule has 29 heavy (non-hydrogen) atoms. The lowest BCUT2D eigenvalue weighted by Crippen LogP contribution is -2.54. The lowest BCUT2D eigenvalue weighted by Gasteiger charge is -2.29. The van der Waals surface area contributed by atoms with Crippen LogP contribution >= 0.6 is 0 Å². The number of benzene rings is 1. The number of nitrogens with zero attached hydrogens (tertiary/aromatic N) is 1. The van der Waals surface area contributed by atoms with E-state index in [-0.39, 0.29) is 30.9 Å². The van der Waals surface area contributed by atoms with Crippen molar-refractivity contribution in [1.82, 2.24) is 10.2 Å². The molecular weight excluding hydrogens is 376 g/mol. The Morgan fingerprint density at radius 3 is 2.76 bits per heavy atom. The van der Waals surface area contributed by atoms with Crippen molar-refractivity contribution in [2.45, 2.75) is 36.9 Å². The number of nitrogens with two attached hydrogens (primary N) is 1. The Morgan fingerprint density at radius 2 is 2.03 bits per heavy atom. The molecule has 4 heterocycles. The smallest absolute Gasteiger partial charge is 0.250 e. The summed E-state index contributed by atoms with van der Waals surface area (Å²) in [6.45, 7) is 0.784. The first-order chi connectivity index (χ1) is 13.9. The van der Waals surface area contributed by atoms with E-state index in [9.17, 15) is 19.2 Å². The van der Waals surface area contributed by atoms with Crippen LogP contribution in [-0.2, 0) is 29.5 Å². The second-order valence-electron chi connectivity index (χ2n) is 8.15. The summed E-state index contributed by atoms with van der Waals surface area (Å²) in [6, 6.07) is 6.40. The Balaban J connectivity index is 1.58. The van der Waals surface area contributed by atoms with Crippen LogP contribution in [0, 0.1) is 11.8 Å². The summed E-state index contributed by atoms with van der Waals surface area (Å²) < 4.78 is 5.60. The van der Waals surface area contributed by atoms with Gasteiger partial charge in [0.2, 0.25) is 23.6 Å². The second kappa shape index (κ2) is 6.36. The van der Waals surface area contributed by atoms with Crippen molar-refractivity contribution >= 4 is 29.3 Å². The molecule has 152 valence electrons. The molecule has 4 amide bonds. The zero-order valence-corrected chi connectivity index (χ0v) is 15.7. The number of anilines is 1. The van der Waals surface area contributed by atoms with E-state index < -0.39 is 35.2 Å². The lowest BCUT2D eigenvalue weighted by molar-refractivity contribution is -0.144. The molecule has 0 aliphatic carbocycles. The number of ether oxygens (including phenoxy) is 1. The quantitative estimate of drug-likeness (QED) is 0.584. The fourth-order valence-corrected chi connectivity index (χ4v) is 5.38. The van der Waals surface area contributed by atoms with Crippen LogP contribution in [0.4, 0.5) is 5.69 Å². The molecule has 5 atom stereocenters. The zero-order chi connectivity index (χ0) is 20.3. The van der Waals surface area contributed by atoms with Gasteiger partial charge in [-0.05, 0) is 18.9 Å². The average Bonchev–Trinajstić information content (AvgIpc) is 3.41. The Labute approximate surface area is 166 Å². The fourth-order valence-electron chi connectivity index (χ4n) is 5.38. The average molecular weight is 398 g/mol. The number of nitrogens with one attached hydrogen (secondary N) is 2. The summed E-state index contributed by atoms with van der Waals surface area (Å²) in [5, 5.41) is 5.98. The van der Waals surface area contributed by atoms with Gasteiger partial charge in [0.25, 0.3) is 0 Å². The zero-order valence-electron chi connectivity index (χ0n) is 15.7. The maximum absolute atomic E-state index is 13.4. The molecular formula is C20H22N4O5. The molecule has 4 aliphatic heterocycles. The number of carbonyl (C=O) groups is 4. The van der Waals surface area contributed by atoms with Crippen LogP contribution in [0.5, 0.6) is 0 Å². The van der Waals surface area contributed by atoms with Gasteiger partial charge in [0, 0.05) is 30.3 Å². The minimum atomic E-state index is -1.39. The first-order valence-corrected chi connectivity index (χ1v) is 9.87. The molecule has 0 aromatic heterocycles. The Morgan fingerprint density at radius 1 is 1.24 bits per heavy atom. The highest BCUT2D eigenvalue weighted by Gasteiger charge is 2.70. The monoisotopic (exact) mass is 398 g/mol. The molecule has 3 saturated heterocycles. The highest BCUT2D eigenvalue weighted by atomic mass is 16.5. The normalized spacial score (nSPS) is 35.3. The van der Waals surface area contributed by atoms with E-state index in [1.165, 1.54) is 4.90 Å². The molecule has 0 unspecified atom stereocenters. The number of fused-ring (bicyclic) bond motifs is 4. The SMILES string of the molecule is NC(=O)C[C@@H]1N[C@]2(C(=O)Nc3ccccc32)[C@H]2C(=O)N(C[C@@H]3CCCO3)C(=O)[C@H]12. The third-order valence-corrected chi connectivity index (χ3v) is 6.55. The summed E-state index contributed by atoms with van der Waals surface area (Å²) in [5.41, 5.74) is 5.24. The van der Waals surface area contributed by atoms with Crippen LogP contribution in [0.2, 0.25) is 0 Å². The van der Waals surface area contributed by atoms with Gasteiger partial charge in [0.15, 0.2) is 0 Å². The van der Waals surface area contributed by atoms with E-state index >= 15 is 0 Å². The number of rotatable bonds is 4. The Kier molecular flexibility index (Phi) is 4.01. The molecule has 0 saturated carbocycles. The van der Waals surface area contributed by atoms with Gasteiger partial charge in [-0.2, -0.15) is 0 Å². The molecule has 1 aromatic rings. The molecule has 9 heteroatoms. The highest BCUT2D eigenvalue weighted by Crippen LogP contribution is 2.53. The van der Waals surface area contributed by atoms with E-state index in [1.807, 2.05) is 0 Å². The number of imide groups is 1. The van der Waals surface area contributed by atoms with E-state index in [4.69, 9.17) is 10.5 Å². The summed E-state index contributed by atoms with van der Waals surface area (Å²) in [5.74, 6) is -3.51. The first-order valence-electron chi connectivity index (χ1n) is 9.87. The van der Waals surface area contributed by atoms with Crippen LogP contribution in [0.15, 0.2) is 24.3 Å². The predicted molar refractivity (Wildman–Crippen MR) is 100 cm³/mol. The number of para-hydroxylation sites is 1. The van der Waals surface area contributed by atoms with Crippen LogP contribution in [0.3, 0.4) is 0 Å². The number of primary amides is 1. The maximum atomic E-state index is 13.4. The second-order valence-corrected chi connectivity index (χ2v) is 8.15. The molecule has 4 N–H and O–H groups in total. The minimum Gasteiger partial charge on any atom is -0.376 e.